The number of hydrogen-bond donors (Lipinski definition) is 4. The average molecular weight is 770 g/mol. The Morgan fingerprint density at radius 2 is 0.879 bits per heavy atom. The Hall–Kier alpha value is -7.07. The number of rotatable bonds is 17. The second-order valence-electron chi connectivity index (χ2n) is 13.4. The predicted octanol–water partition coefficient (Wildman–Crippen LogP) is 9.37. The zero-order valence-electron chi connectivity index (χ0n) is 32.2. The average Bonchev–Trinajstić information content (AvgIpc) is 3.27. The Morgan fingerprint density at radius 3 is 1.31 bits per heavy atom. The second-order valence-corrected chi connectivity index (χ2v) is 13.4. The normalized spacial score (nSPS) is 10.5. The van der Waals surface area contributed by atoms with Crippen LogP contribution in [0.2, 0.25) is 0 Å². The van der Waals surface area contributed by atoms with Gasteiger partial charge in [-0.1, -0.05) is 84.9 Å². The fourth-order valence-electron chi connectivity index (χ4n) is 5.84. The van der Waals surface area contributed by atoms with Gasteiger partial charge in [-0.05, 0) is 133 Å². The van der Waals surface area contributed by atoms with Crippen molar-refractivity contribution in [1.82, 2.24) is 15.6 Å². The maximum Gasteiger partial charge on any atom is 0.255 e. The van der Waals surface area contributed by atoms with Gasteiger partial charge < -0.3 is 31.2 Å². The van der Waals surface area contributed by atoms with Crippen LogP contribution in [0.5, 0.6) is 23.0 Å². The fraction of sp³-hybridized carbons (Fsp3) is 0.122. The van der Waals surface area contributed by atoms with Crippen LogP contribution >= 0.6 is 0 Å². The molecule has 6 aromatic carbocycles. The van der Waals surface area contributed by atoms with E-state index in [4.69, 9.17) is 15.2 Å². The molecule has 0 aliphatic carbocycles. The van der Waals surface area contributed by atoms with E-state index in [1.165, 1.54) is 22.3 Å². The van der Waals surface area contributed by atoms with Crippen LogP contribution in [0, 0.1) is 0 Å². The summed E-state index contributed by atoms with van der Waals surface area (Å²) in [6.07, 6.45) is 5.11. The number of carbonyl (C=O) groups excluding carboxylic acids is 2. The summed E-state index contributed by atoms with van der Waals surface area (Å²) in [7, 11) is 0. The van der Waals surface area contributed by atoms with Gasteiger partial charge >= 0.3 is 0 Å². The molecule has 0 spiro atoms. The van der Waals surface area contributed by atoms with Crippen LogP contribution in [0.15, 0.2) is 182 Å². The summed E-state index contributed by atoms with van der Waals surface area (Å²) in [5, 5.41) is 9.78. The number of anilines is 1. The topological polar surface area (TPSA) is 128 Å². The van der Waals surface area contributed by atoms with Crippen LogP contribution in [-0.2, 0) is 25.9 Å². The number of amides is 2. The highest BCUT2D eigenvalue weighted by atomic mass is 16.5. The molecule has 7 rings (SSSR count). The molecule has 292 valence electrons. The van der Waals surface area contributed by atoms with Crippen molar-refractivity contribution in [1.29, 1.82) is 0 Å². The minimum Gasteiger partial charge on any atom is -0.457 e. The smallest absolute Gasteiger partial charge is 0.255 e. The molecule has 0 fully saturated rings. The van der Waals surface area contributed by atoms with Gasteiger partial charge in [0.25, 0.3) is 5.91 Å². The summed E-state index contributed by atoms with van der Waals surface area (Å²) in [5.41, 5.74) is 12.1. The Kier molecular flexibility index (Phi) is 15.3. The number of nitrogens with two attached hydrogens (primary N) is 1. The van der Waals surface area contributed by atoms with Crippen molar-refractivity contribution in [3.8, 4) is 23.0 Å². The van der Waals surface area contributed by atoms with E-state index in [0.717, 1.165) is 50.5 Å². The zero-order chi connectivity index (χ0) is 40.2. The molecule has 9 heteroatoms. The van der Waals surface area contributed by atoms with Gasteiger partial charge in [-0.3, -0.25) is 14.6 Å². The van der Waals surface area contributed by atoms with E-state index >= 15 is 0 Å². The molecule has 0 saturated carbocycles. The summed E-state index contributed by atoms with van der Waals surface area (Å²) in [6, 6.07) is 54.4. The van der Waals surface area contributed by atoms with Crippen molar-refractivity contribution in [2.75, 3.05) is 18.4 Å². The molecule has 0 saturated heterocycles. The quantitative estimate of drug-likeness (QED) is 0.0680. The first-order valence-electron chi connectivity index (χ1n) is 19.2. The van der Waals surface area contributed by atoms with Crippen molar-refractivity contribution in [2.45, 2.75) is 25.9 Å². The Bertz CT molecular complexity index is 2270. The van der Waals surface area contributed by atoms with Crippen molar-refractivity contribution in [3.63, 3.8) is 0 Å². The van der Waals surface area contributed by atoms with Gasteiger partial charge in [0, 0.05) is 42.3 Å². The lowest BCUT2D eigenvalue weighted by atomic mass is 10.1. The largest absolute Gasteiger partial charge is 0.457 e. The summed E-state index contributed by atoms with van der Waals surface area (Å²) in [5.74, 6) is 2.31. The molecule has 0 unspecified atom stereocenters. The lowest BCUT2D eigenvalue weighted by molar-refractivity contribution is 0.0997. The van der Waals surface area contributed by atoms with Gasteiger partial charge in [0.1, 0.15) is 23.0 Å². The monoisotopic (exact) mass is 769 g/mol. The third-order valence-electron chi connectivity index (χ3n) is 9.04. The molecule has 9 nitrogen and oxygen atoms in total. The molecular weight excluding hydrogens is 723 g/mol. The molecule has 0 atom stereocenters. The van der Waals surface area contributed by atoms with Gasteiger partial charge in [0.2, 0.25) is 5.91 Å². The van der Waals surface area contributed by atoms with Crippen LogP contribution in [0.25, 0.3) is 0 Å². The van der Waals surface area contributed by atoms with E-state index in [2.05, 4.69) is 93.7 Å². The highest BCUT2D eigenvalue weighted by Gasteiger charge is 2.07. The number of hydrogen-bond acceptors (Lipinski definition) is 7. The molecular formula is C49H47N5O4. The van der Waals surface area contributed by atoms with Crippen molar-refractivity contribution in [2.24, 2.45) is 5.73 Å². The van der Waals surface area contributed by atoms with Crippen LogP contribution in [0.3, 0.4) is 0 Å². The summed E-state index contributed by atoms with van der Waals surface area (Å²) >= 11 is 0. The second kappa shape index (κ2) is 21.9. The number of aromatic nitrogens is 1. The zero-order valence-corrected chi connectivity index (χ0v) is 32.2. The van der Waals surface area contributed by atoms with Gasteiger partial charge in [-0.25, -0.2) is 0 Å². The SMILES string of the molecule is NC(=O)c1ccc(Oc2ccc(CCNCc3ccccc3)cc2)cc1.O=C(Nc1ccc(Oc2ccc(CCNCc3ccccc3)cc2)cc1)c1ccncc1. The molecule has 0 radical (unpaired) electrons. The van der Waals surface area contributed by atoms with E-state index in [1.54, 1.807) is 48.8 Å². The molecule has 5 N–H and O–H groups in total. The maximum absolute atomic E-state index is 12.2. The highest BCUT2D eigenvalue weighted by Crippen LogP contribution is 2.24. The lowest BCUT2D eigenvalue weighted by Crippen LogP contribution is -2.16. The fourth-order valence-corrected chi connectivity index (χ4v) is 5.84. The molecule has 7 aromatic rings. The van der Waals surface area contributed by atoms with E-state index in [0.29, 0.717) is 28.3 Å². The van der Waals surface area contributed by atoms with Gasteiger partial charge in [0.05, 0.1) is 0 Å². The van der Waals surface area contributed by atoms with Crippen molar-refractivity contribution >= 4 is 17.5 Å². The Morgan fingerprint density at radius 1 is 0.466 bits per heavy atom. The Labute approximate surface area is 339 Å². The standard InChI is InChI=1S/C27H25N3O2.C22H22N2O2/c31-27(23-15-18-28-19-16-23)30-24-8-12-26(13-9-24)32-25-10-6-21(7-11-25)14-17-29-20-22-4-2-1-3-5-22;23-22(25)19-8-12-21(13-9-19)26-20-10-6-17(7-11-20)14-15-24-16-18-4-2-1-3-5-18/h1-13,15-16,18-19,29H,14,17,20H2,(H,30,31);1-13,24H,14-16H2,(H2,23,25). The van der Waals surface area contributed by atoms with Crippen LogP contribution < -0.4 is 31.2 Å². The Balaban J connectivity index is 0.000000200. The molecule has 0 aliphatic heterocycles. The van der Waals surface area contributed by atoms with Crippen LogP contribution in [-0.4, -0.2) is 29.9 Å². The molecule has 1 heterocycles. The number of nitrogens with zero attached hydrogens (tertiary/aromatic N) is 1. The van der Waals surface area contributed by atoms with Crippen LogP contribution in [0.4, 0.5) is 5.69 Å². The molecule has 0 bridgehead atoms. The van der Waals surface area contributed by atoms with Crippen molar-refractivity contribution in [3.05, 3.63) is 216 Å². The number of ether oxygens (including phenoxy) is 2. The first-order valence-corrected chi connectivity index (χ1v) is 19.2. The molecule has 2 amide bonds. The van der Waals surface area contributed by atoms with E-state index < -0.39 is 5.91 Å². The van der Waals surface area contributed by atoms with Gasteiger partial charge in [-0.15, -0.1) is 0 Å². The lowest BCUT2D eigenvalue weighted by Gasteiger charge is -2.09. The number of nitrogens with one attached hydrogen (secondary N) is 3. The van der Waals surface area contributed by atoms with E-state index in [9.17, 15) is 9.59 Å². The summed E-state index contributed by atoms with van der Waals surface area (Å²) in [4.78, 5) is 27.2. The number of pyridine rings is 1. The highest BCUT2D eigenvalue weighted by molar-refractivity contribution is 6.04. The minimum atomic E-state index is -0.443. The van der Waals surface area contributed by atoms with Gasteiger partial charge in [-0.2, -0.15) is 0 Å². The third kappa shape index (κ3) is 13.6. The first kappa shape index (κ1) is 40.6. The number of primary amides is 1. The third-order valence-corrected chi connectivity index (χ3v) is 9.04. The van der Waals surface area contributed by atoms with Crippen molar-refractivity contribution < 1.29 is 19.1 Å². The summed E-state index contributed by atoms with van der Waals surface area (Å²) in [6.45, 7) is 3.59. The number of carbonyl (C=O) groups is 2. The van der Waals surface area contributed by atoms with Gasteiger partial charge in [0.15, 0.2) is 0 Å². The molecule has 1 aromatic heterocycles. The predicted molar refractivity (Wildman–Crippen MR) is 230 cm³/mol. The first-order chi connectivity index (χ1) is 28.5. The van der Waals surface area contributed by atoms with Crippen LogP contribution in [0.1, 0.15) is 43.0 Å². The maximum atomic E-state index is 12.2. The number of benzene rings is 6. The summed E-state index contributed by atoms with van der Waals surface area (Å²) < 4.78 is 11.7. The molecule has 58 heavy (non-hydrogen) atoms. The minimum absolute atomic E-state index is 0.171. The molecule has 0 aliphatic rings. The van der Waals surface area contributed by atoms with E-state index in [1.807, 2.05) is 60.7 Å². The van der Waals surface area contributed by atoms with E-state index in [-0.39, 0.29) is 5.91 Å².